The van der Waals surface area contributed by atoms with Crippen LogP contribution in [0, 0.1) is 0 Å². The Kier molecular flexibility index (Phi) is 4.76. The second-order valence-corrected chi connectivity index (χ2v) is 7.47. The zero-order valence-electron chi connectivity index (χ0n) is 13.9. The summed E-state index contributed by atoms with van der Waals surface area (Å²) in [7, 11) is -3.65. The van der Waals surface area contributed by atoms with Crippen LogP contribution in [-0.2, 0) is 10.0 Å². The van der Waals surface area contributed by atoms with Gasteiger partial charge in [-0.15, -0.1) is 0 Å². The molecule has 0 unspecified atom stereocenters. The smallest absolute Gasteiger partial charge is 0.261 e. The summed E-state index contributed by atoms with van der Waals surface area (Å²) < 4.78 is 33.1. The Hall–Kier alpha value is -2.80. The molecule has 0 saturated carbocycles. The van der Waals surface area contributed by atoms with Gasteiger partial charge in [-0.2, -0.15) is 0 Å². The fourth-order valence-electron chi connectivity index (χ4n) is 2.32. The Morgan fingerprint density at radius 3 is 2.28 bits per heavy atom. The zero-order valence-corrected chi connectivity index (χ0v) is 14.7. The van der Waals surface area contributed by atoms with Crippen LogP contribution in [0.5, 0.6) is 5.75 Å². The highest BCUT2D eigenvalue weighted by atomic mass is 32.2. The van der Waals surface area contributed by atoms with Crippen LogP contribution < -0.4 is 9.46 Å². The molecule has 0 aliphatic heterocycles. The minimum Gasteiger partial charge on any atom is -0.491 e. The zero-order chi connectivity index (χ0) is 17.9. The maximum absolute atomic E-state index is 12.5. The SMILES string of the molecule is CC(C)Oc1ccc(S(=O)(=O)Nc2ccc(-c3cnc[nH]3)cc2)cc1. The molecule has 7 heteroatoms. The van der Waals surface area contributed by atoms with E-state index in [9.17, 15) is 8.42 Å². The number of nitrogens with one attached hydrogen (secondary N) is 2. The van der Waals surface area contributed by atoms with E-state index in [0.29, 0.717) is 11.4 Å². The summed E-state index contributed by atoms with van der Waals surface area (Å²) in [6.07, 6.45) is 3.34. The number of H-pyrrole nitrogens is 1. The number of nitrogens with zero attached hydrogens (tertiary/aromatic N) is 1. The van der Waals surface area contributed by atoms with E-state index in [2.05, 4.69) is 14.7 Å². The molecule has 25 heavy (non-hydrogen) atoms. The van der Waals surface area contributed by atoms with Gasteiger partial charge in [0.05, 0.1) is 29.2 Å². The van der Waals surface area contributed by atoms with Crippen molar-refractivity contribution in [2.24, 2.45) is 0 Å². The van der Waals surface area contributed by atoms with Crippen LogP contribution in [0.2, 0.25) is 0 Å². The van der Waals surface area contributed by atoms with E-state index in [-0.39, 0.29) is 11.0 Å². The fourth-order valence-corrected chi connectivity index (χ4v) is 3.37. The number of imidazole rings is 1. The van der Waals surface area contributed by atoms with Crippen LogP contribution in [0.1, 0.15) is 13.8 Å². The first-order chi connectivity index (χ1) is 11.9. The van der Waals surface area contributed by atoms with Crippen LogP contribution >= 0.6 is 0 Å². The van der Waals surface area contributed by atoms with Crippen molar-refractivity contribution in [1.29, 1.82) is 0 Å². The van der Waals surface area contributed by atoms with Crippen molar-refractivity contribution in [2.45, 2.75) is 24.8 Å². The van der Waals surface area contributed by atoms with Gasteiger partial charge in [0, 0.05) is 5.69 Å². The molecule has 2 N–H and O–H groups in total. The Bertz CT molecular complexity index is 917. The maximum atomic E-state index is 12.5. The lowest BCUT2D eigenvalue weighted by Gasteiger charge is -2.11. The van der Waals surface area contributed by atoms with Crippen molar-refractivity contribution in [2.75, 3.05) is 4.72 Å². The lowest BCUT2D eigenvalue weighted by molar-refractivity contribution is 0.242. The van der Waals surface area contributed by atoms with Gasteiger partial charge in [-0.25, -0.2) is 13.4 Å². The third kappa shape index (κ3) is 4.19. The van der Waals surface area contributed by atoms with Gasteiger partial charge in [0.1, 0.15) is 5.75 Å². The molecule has 2 aromatic carbocycles. The predicted molar refractivity (Wildman–Crippen MR) is 97.0 cm³/mol. The molecule has 0 fully saturated rings. The highest BCUT2D eigenvalue weighted by Gasteiger charge is 2.14. The number of rotatable bonds is 6. The number of benzene rings is 2. The number of ether oxygens (including phenoxy) is 1. The van der Waals surface area contributed by atoms with Crippen molar-refractivity contribution in [3.8, 4) is 17.0 Å². The van der Waals surface area contributed by atoms with Crippen molar-refractivity contribution in [3.05, 3.63) is 61.1 Å². The second-order valence-electron chi connectivity index (χ2n) is 5.79. The summed E-state index contributed by atoms with van der Waals surface area (Å²) in [5.41, 5.74) is 2.29. The largest absolute Gasteiger partial charge is 0.491 e. The Morgan fingerprint density at radius 2 is 1.72 bits per heavy atom. The summed E-state index contributed by atoms with van der Waals surface area (Å²) in [5.74, 6) is 0.637. The number of anilines is 1. The van der Waals surface area contributed by atoms with Crippen molar-refractivity contribution < 1.29 is 13.2 Å². The first kappa shape index (κ1) is 17.0. The Labute approximate surface area is 146 Å². The highest BCUT2D eigenvalue weighted by Crippen LogP contribution is 2.22. The maximum Gasteiger partial charge on any atom is 0.261 e. The molecule has 0 radical (unpaired) electrons. The summed E-state index contributed by atoms with van der Waals surface area (Å²) in [6, 6.07) is 13.4. The summed E-state index contributed by atoms with van der Waals surface area (Å²) in [4.78, 5) is 7.15. The number of hydrogen-bond donors (Lipinski definition) is 2. The topological polar surface area (TPSA) is 84.1 Å². The normalized spacial score (nSPS) is 11.5. The molecule has 0 amide bonds. The lowest BCUT2D eigenvalue weighted by atomic mass is 10.1. The summed E-state index contributed by atoms with van der Waals surface area (Å²) >= 11 is 0. The van der Waals surface area contributed by atoms with Crippen LogP contribution in [0.25, 0.3) is 11.3 Å². The number of hydrogen-bond acceptors (Lipinski definition) is 4. The summed E-state index contributed by atoms with van der Waals surface area (Å²) in [5, 5.41) is 0. The van der Waals surface area contributed by atoms with E-state index in [1.54, 1.807) is 36.8 Å². The van der Waals surface area contributed by atoms with Crippen molar-refractivity contribution in [1.82, 2.24) is 9.97 Å². The molecule has 0 atom stereocenters. The Morgan fingerprint density at radius 1 is 1.04 bits per heavy atom. The molecule has 130 valence electrons. The molecule has 6 nitrogen and oxygen atoms in total. The van der Waals surface area contributed by atoms with Crippen molar-refractivity contribution in [3.63, 3.8) is 0 Å². The van der Waals surface area contributed by atoms with Gasteiger partial charge in [-0.1, -0.05) is 12.1 Å². The molecular weight excluding hydrogens is 338 g/mol. The van der Waals surface area contributed by atoms with Gasteiger partial charge in [0.25, 0.3) is 10.0 Å². The van der Waals surface area contributed by atoms with Gasteiger partial charge >= 0.3 is 0 Å². The van der Waals surface area contributed by atoms with E-state index >= 15 is 0 Å². The number of sulfonamides is 1. The Balaban J connectivity index is 1.74. The van der Waals surface area contributed by atoms with Gasteiger partial charge in [0.2, 0.25) is 0 Å². The molecule has 1 heterocycles. The van der Waals surface area contributed by atoms with E-state index in [1.807, 2.05) is 26.0 Å². The molecule has 3 rings (SSSR count). The average molecular weight is 357 g/mol. The number of aromatic amines is 1. The molecule has 0 saturated heterocycles. The number of aromatic nitrogens is 2. The van der Waals surface area contributed by atoms with Crippen LogP contribution in [0.15, 0.2) is 66.0 Å². The van der Waals surface area contributed by atoms with Crippen LogP contribution in [-0.4, -0.2) is 24.5 Å². The van der Waals surface area contributed by atoms with Gasteiger partial charge in [0.15, 0.2) is 0 Å². The average Bonchev–Trinajstić information content (AvgIpc) is 3.09. The van der Waals surface area contributed by atoms with Gasteiger partial charge < -0.3 is 9.72 Å². The van der Waals surface area contributed by atoms with Gasteiger partial charge in [-0.3, -0.25) is 4.72 Å². The van der Waals surface area contributed by atoms with Crippen molar-refractivity contribution >= 4 is 15.7 Å². The molecule has 3 aromatic rings. The third-order valence-corrected chi connectivity index (χ3v) is 4.85. The molecule has 0 bridgehead atoms. The molecule has 0 spiro atoms. The van der Waals surface area contributed by atoms with Gasteiger partial charge in [-0.05, 0) is 55.8 Å². The minimum atomic E-state index is -3.65. The first-order valence-electron chi connectivity index (χ1n) is 7.82. The van der Waals surface area contributed by atoms with E-state index in [1.165, 1.54) is 12.1 Å². The quantitative estimate of drug-likeness (QED) is 0.705. The third-order valence-electron chi connectivity index (χ3n) is 3.45. The predicted octanol–water partition coefficient (Wildman–Crippen LogP) is 3.66. The lowest BCUT2D eigenvalue weighted by Crippen LogP contribution is -2.13. The molecular formula is C18H19N3O3S. The van der Waals surface area contributed by atoms with E-state index in [4.69, 9.17) is 4.74 Å². The fraction of sp³-hybridized carbons (Fsp3) is 0.167. The molecule has 0 aliphatic rings. The first-order valence-corrected chi connectivity index (χ1v) is 9.31. The second kappa shape index (κ2) is 6.98. The summed E-state index contributed by atoms with van der Waals surface area (Å²) in [6.45, 7) is 3.83. The minimum absolute atomic E-state index is 0.0361. The highest BCUT2D eigenvalue weighted by molar-refractivity contribution is 7.92. The standard InChI is InChI=1S/C18H19N3O3S/c1-13(2)24-16-7-9-17(10-8-16)25(22,23)21-15-5-3-14(4-6-15)18-11-19-12-20-18/h3-13,21H,1-2H3,(H,19,20). The molecule has 0 aliphatic carbocycles. The monoisotopic (exact) mass is 357 g/mol. The van der Waals surface area contributed by atoms with Crippen LogP contribution in [0.4, 0.5) is 5.69 Å². The van der Waals surface area contributed by atoms with E-state index in [0.717, 1.165) is 11.3 Å². The van der Waals surface area contributed by atoms with E-state index < -0.39 is 10.0 Å². The molecule has 1 aromatic heterocycles. The van der Waals surface area contributed by atoms with Crippen LogP contribution in [0.3, 0.4) is 0 Å².